The summed E-state index contributed by atoms with van der Waals surface area (Å²) in [7, 11) is 1.60. The molecule has 2 N–H and O–H groups in total. The topological polar surface area (TPSA) is 105 Å². The third-order valence-electron chi connectivity index (χ3n) is 3.94. The van der Waals surface area contributed by atoms with Gasteiger partial charge in [-0.1, -0.05) is 46.3 Å². The van der Waals surface area contributed by atoms with E-state index in [2.05, 4.69) is 20.5 Å². The molecule has 130 valence electrons. The number of ether oxygens (including phenoxy) is 1. The molecule has 0 aliphatic carbocycles. The van der Waals surface area contributed by atoms with Gasteiger partial charge in [0.25, 0.3) is 5.89 Å². The van der Waals surface area contributed by atoms with Crippen LogP contribution in [0.15, 0.2) is 53.1 Å². The van der Waals surface area contributed by atoms with Crippen molar-refractivity contribution in [3.63, 3.8) is 0 Å². The summed E-state index contributed by atoms with van der Waals surface area (Å²) < 4.78 is 12.0. The smallest absolute Gasteiger partial charge is 0.282 e. The Morgan fingerprint density at radius 3 is 2.69 bits per heavy atom. The van der Waals surface area contributed by atoms with Gasteiger partial charge in [0.05, 0.1) is 12.8 Å². The van der Waals surface area contributed by atoms with Crippen molar-refractivity contribution in [3.8, 4) is 34.4 Å². The van der Waals surface area contributed by atoms with Crippen LogP contribution in [-0.4, -0.2) is 32.2 Å². The zero-order chi connectivity index (χ0) is 18.1. The molecule has 0 saturated carbocycles. The number of aromatic nitrogens is 5. The summed E-state index contributed by atoms with van der Waals surface area (Å²) >= 11 is 0. The van der Waals surface area contributed by atoms with Crippen molar-refractivity contribution in [2.24, 2.45) is 0 Å². The fourth-order valence-corrected chi connectivity index (χ4v) is 2.51. The second kappa shape index (κ2) is 6.32. The van der Waals surface area contributed by atoms with E-state index in [1.54, 1.807) is 13.2 Å². The van der Waals surface area contributed by atoms with Gasteiger partial charge >= 0.3 is 0 Å². The van der Waals surface area contributed by atoms with Crippen LogP contribution < -0.4 is 10.5 Å². The minimum atomic E-state index is 0.215. The first kappa shape index (κ1) is 15.8. The number of hydrogen-bond donors (Lipinski definition) is 1. The van der Waals surface area contributed by atoms with Gasteiger partial charge in [0, 0.05) is 11.6 Å². The van der Waals surface area contributed by atoms with Gasteiger partial charge in [-0.25, -0.2) is 0 Å². The standard InChI is InChI=1S/C18H16N6O2/c1-11-6-8-12(9-7-11)17-20-18(26-22-17)15-16(19)24(23-21-15)13-4-3-5-14(10-13)25-2/h3-10H,19H2,1-2H3. The van der Waals surface area contributed by atoms with Gasteiger partial charge in [-0.2, -0.15) is 9.67 Å². The van der Waals surface area contributed by atoms with Crippen LogP contribution in [0.25, 0.3) is 28.7 Å². The van der Waals surface area contributed by atoms with Crippen LogP contribution in [0.2, 0.25) is 0 Å². The number of methoxy groups -OCH3 is 1. The summed E-state index contributed by atoms with van der Waals surface area (Å²) in [6.07, 6.45) is 0. The molecule has 8 heteroatoms. The normalized spacial score (nSPS) is 10.8. The Bertz CT molecular complexity index is 1050. The zero-order valence-corrected chi connectivity index (χ0v) is 14.2. The Hall–Kier alpha value is -3.68. The molecule has 4 rings (SSSR count). The van der Waals surface area contributed by atoms with Crippen molar-refractivity contribution < 1.29 is 9.26 Å². The van der Waals surface area contributed by atoms with Crippen LogP contribution in [0.3, 0.4) is 0 Å². The average Bonchev–Trinajstić information content (AvgIpc) is 3.29. The van der Waals surface area contributed by atoms with E-state index in [4.69, 9.17) is 15.0 Å². The van der Waals surface area contributed by atoms with Gasteiger partial charge in [-0.15, -0.1) is 5.10 Å². The first-order chi connectivity index (χ1) is 12.7. The van der Waals surface area contributed by atoms with Crippen LogP contribution in [0.4, 0.5) is 5.82 Å². The third-order valence-corrected chi connectivity index (χ3v) is 3.94. The summed E-state index contributed by atoms with van der Waals surface area (Å²) in [5.41, 5.74) is 9.26. The summed E-state index contributed by atoms with van der Waals surface area (Å²) in [5.74, 6) is 1.68. The molecule has 4 aromatic rings. The molecular formula is C18H16N6O2. The third kappa shape index (κ3) is 2.77. The van der Waals surface area contributed by atoms with Crippen LogP contribution in [-0.2, 0) is 0 Å². The summed E-state index contributed by atoms with van der Waals surface area (Å²) in [5, 5.41) is 12.2. The van der Waals surface area contributed by atoms with Gasteiger partial charge < -0.3 is 15.0 Å². The largest absolute Gasteiger partial charge is 0.497 e. The van der Waals surface area contributed by atoms with Crippen molar-refractivity contribution in [3.05, 3.63) is 54.1 Å². The van der Waals surface area contributed by atoms with Crippen molar-refractivity contribution in [2.45, 2.75) is 6.92 Å². The second-order valence-electron chi connectivity index (χ2n) is 5.73. The molecule has 8 nitrogen and oxygen atoms in total. The molecule has 0 spiro atoms. The Morgan fingerprint density at radius 2 is 1.92 bits per heavy atom. The van der Waals surface area contributed by atoms with Crippen LogP contribution >= 0.6 is 0 Å². The molecule has 0 bridgehead atoms. The maximum atomic E-state index is 6.20. The Morgan fingerprint density at radius 1 is 1.12 bits per heavy atom. The highest BCUT2D eigenvalue weighted by molar-refractivity contribution is 5.66. The van der Waals surface area contributed by atoms with Gasteiger partial charge in [0.1, 0.15) is 5.75 Å². The number of aryl methyl sites for hydroxylation is 1. The molecular weight excluding hydrogens is 332 g/mol. The van der Waals surface area contributed by atoms with Gasteiger partial charge in [-0.05, 0) is 19.1 Å². The molecule has 0 unspecified atom stereocenters. The van der Waals surface area contributed by atoms with Gasteiger partial charge in [0.2, 0.25) is 5.82 Å². The molecule has 0 saturated heterocycles. The summed E-state index contributed by atoms with van der Waals surface area (Å²) in [4.78, 5) is 4.38. The number of nitrogens with two attached hydrogens (primary N) is 1. The first-order valence-corrected chi connectivity index (χ1v) is 7.92. The van der Waals surface area contributed by atoms with E-state index in [1.807, 2.05) is 49.4 Å². The predicted molar refractivity (Wildman–Crippen MR) is 95.8 cm³/mol. The maximum absolute atomic E-state index is 6.20. The Kier molecular flexibility index (Phi) is 3.85. The van der Waals surface area contributed by atoms with Gasteiger partial charge in [0.15, 0.2) is 11.5 Å². The minimum absolute atomic E-state index is 0.215. The predicted octanol–water partition coefficient (Wildman–Crippen LogP) is 2.88. The monoisotopic (exact) mass is 348 g/mol. The van der Waals surface area contributed by atoms with E-state index in [9.17, 15) is 0 Å². The number of rotatable bonds is 4. The van der Waals surface area contributed by atoms with Crippen molar-refractivity contribution in [2.75, 3.05) is 12.8 Å². The molecule has 2 aromatic heterocycles. The molecule has 0 aliphatic rings. The Balaban J connectivity index is 1.69. The molecule has 0 aliphatic heterocycles. The van der Waals surface area contributed by atoms with Crippen molar-refractivity contribution in [1.82, 2.24) is 25.1 Å². The molecule has 0 atom stereocenters. The second-order valence-corrected chi connectivity index (χ2v) is 5.73. The SMILES string of the molecule is COc1cccc(-n2nnc(-c3nc(-c4ccc(C)cc4)no3)c2N)c1. The van der Waals surface area contributed by atoms with Crippen molar-refractivity contribution >= 4 is 5.82 Å². The van der Waals surface area contributed by atoms with Gasteiger partial charge in [-0.3, -0.25) is 0 Å². The highest BCUT2D eigenvalue weighted by Gasteiger charge is 2.20. The lowest BCUT2D eigenvalue weighted by Gasteiger charge is -2.05. The molecule has 2 heterocycles. The van der Waals surface area contributed by atoms with Crippen LogP contribution in [0.5, 0.6) is 5.75 Å². The van der Waals surface area contributed by atoms with E-state index < -0.39 is 0 Å². The molecule has 0 amide bonds. The van der Waals surface area contributed by atoms with E-state index >= 15 is 0 Å². The molecule has 0 radical (unpaired) electrons. The number of nitrogen functional groups attached to an aromatic ring is 1. The van der Waals surface area contributed by atoms with E-state index in [0.717, 1.165) is 16.8 Å². The molecule has 2 aromatic carbocycles. The van der Waals surface area contributed by atoms with Crippen LogP contribution in [0, 0.1) is 6.92 Å². The Labute approximate surface area is 149 Å². The zero-order valence-electron chi connectivity index (χ0n) is 14.2. The fraction of sp³-hybridized carbons (Fsp3) is 0.111. The highest BCUT2D eigenvalue weighted by Crippen LogP contribution is 2.27. The summed E-state index contributed by atoms with van der Waals surface area (Å²) in [6, 6.07) is 15.2. The van der Waals surface area contributed by atoms with E-state index in [1.165, 1.54) is 4.68 Å². The average molecular weight is 348 g/mol. The summed E-state index contributed by atoms with van der Waals surface area (Å²) in [6.45, 7) is 2.02. The quantitative estimate of drug-likeness (QED) is 0.604. The highest BCUT2D eigenvalue weighted by atomic mass is 16.5. The molecule has 0 fully saturated rings. The van der Waals surface area contributed by atoms with Crippen molar-refractivity contribution in [1.29, 1.82) is 0 Å². The van der Waals surface area contributed by atoms with E-state index in [-0.39, 0.29) is 5.89 Å². The minimum Gasteiger partial charge on any atom is -0.497 e. The number of benzene rings is 2. The lowest BCUT2D eigenvalue weighted by atomic mass is 10.1. The molecule has 26 heavy (non-hydrogen) atoms. The lowest BCUT2D eigenvalue weighted by molar-refractivity contribution is 0.414. The maximum Gasteiger partial charge on any atom is 0.282 e. The lowest BCUT2D eigenvalue weighted by Crippen LogP contribution is -2.02. The first-order valence-electron chi connectivity index (χ1n) is 7.92. The number of anilines is 1. The van der Waals surface area contributed by atoms with E-state index in [0.29, 0.717) is 23.1 Å². The number of nitrogens with zero attached hydrogens (tertiary/aromatic N) is 5. The number of hydrogen-bond acceptors (Lipinski definition) is 7. The fourth-order valence-electron chi connectivity index (χ4n) is 2.51. The van der Waals surface area contributed by atoms with Crippen LogP contribution in [0.1, 0.15) is 5.56 Å².